The predicted octanol–water partition coefficient (Wildman–Crippen LogP) is 1.07. The van der Waals surface area contributed by atoms with Gasteiger partial charge in [-0.05, 0) is 25.5 Å². The van der Waals surface area contributed by atoms with E-state index in [0.29, 0.717) is 0 Å². The first-order valence-electron chi connectivity index (χ1n) is 4.07. The van der Waals surface area contributed by atoms with Gasteiger partial charge >= 0.3 is 11.9 Å². The molecule has 0 radical (unpaired) electrons. The molecular weight excluding hydrogens is 202 g/mol. The fraction of sp³-hybridized carbons (Fsp3) is 0.333. The Hall–Kier alpha value is -1.36. The number of carbonyl (C=O) groups is 2. The Morgan fingerprint density at radius 2 is 2.14 bits per heavy atom. The Morgan fingerprint density at radius 1 is 1.50 bits per heavy atom. The number of hydrogen-bond acceptors (Lipinski definition) is 3. The van der Waals surface area contributed by atoms with Gasteiger partial charge in [-0.3, -0.25) is 4.79 Å². The number of rotatable bonds is 2. The number of aliphatic carboxylic acids is 1. The minimum atomic E-state index is -1.45. The van der Waals surface area contributed by atoms with Gasteiger partial charge in [-0.2, -0.15) is 0 Å². The lowest BCUT2D eigenvalue weighted by Crippen LogP contribution is -2.30. The summed E-state index contributed by atoms with van der Waals surface area (Å²) >= 11 is 1.63. The van der Waals surface area contributed by atoms with Gasteiger partial charge in [0.25, 0.3) is 0 Å². The number of carbonyl (C=O) groups excluding carboxylic acids is 1. The summed E-state index contributed by atoms with van der Waals surface area (Å²) in [6.07, 6.45) is 0. The molecule has 0 saturated heterocycles. The van der Waals surface area contributed by atoms with Crippen molar-refractivity contribution in [1.82, 2.24) is 5.32 Å². The number of aryl methyl sites for hydroxylation is 2. The molecule has 0 aliphatic heterocycles. The molecule has 1 aromatic rings. The summed E-state index contributed by atoms with van der Waals surface area (Å²) in [5, 5.41) is 10.6. The normalized spacial score (nSPS) is 9.86. The van der Waals surface area contributed by atoms with Crippen molar-refractivity contribution in [3.63, 3.8) is 0 Å². The van der Waals surface area contributed by atoms with Crippen molar-refractivity contribution >= 4 is 23.2 Å². The van der Waals surface area contributed by atoms with E-state index in [4.69, 9.17) is 5.11 Å². The summed E-state index contributed by atoms with van der Waals surface area (Å²) in [5.74, 6) is -2.41. The van der Waals surface area contributed by atoms with Gasteiger partial charge in [0.15, 0.2) is 0 Å². The minimum absolute atomic E-state index is 0.279. The van der Waals surface area contributed by atoms with Gasteiger partial charge in [-0.15, -0.1) is 11.3 Å². The summed E-state index contributed by atoms with van der Waals surface area (Å²) in [4.78, 5) is 23.2. The Bertz CT molecular complexity index is 370. The van der Waals surface area contributed by atoms with Gasteiger partial charge < -0.3 is 10.4 Å². The number of amides is 1. The summed E-state index contributed by atoms with van der Waals surface area (Å²) in [5.41, 5.74) is 0.974. The molecule has 0 saturated carbocycles. The van der Waals surface area contributed by atoms with Crippen LogP contribution in [0.15, 0.2) is 6.07 Å². The highest BCUT2D eigenvalue weighted by molar-refractivity contribution is 7.12. The number of carboxylic acid groups (broad SMARTS) is 1. The molecule has 4 nitrogen and oxygen atoms in total. The highest BCUT2D eigenvalue weighted by atomic mass is 32.1. The second-order valence-electron chi connectivity index (χ2n) is 2.93. The van der Waals surface area contributed by atoms with E-state index in [2.05, 4.69) is 5.32 Å². The fourth-order valence-corrected chi connectivity index (χ4v) is 2.06. The van der Waals surface area contributed by atoms with E-state index in [0.717, 1.165) is 15.3 Å². The van der Waals surface area contributed by atoms with Crippen LogP contribution in [-0.4, -0.2) is 17.0 Å². The fourth-order valence-electron chi connectivity index (χ4n) is 1.11. The molecule has 1 aromatic heterocycles. The van der Waals surface area contributed by atoms with Crippen molar-refractivity contribution in [3.8, 4) is 0 Å². The molecule has 0 spiro atoms. The van der Waals surface area contributed by atoms with Crippen molar-refractivity contribution in [2.75, 3.05) is 0 Å². The van der Waals surface area contributed by atoms with E-state index in [9.17, 15) is 9.59 Å². The molecule has 2 N–H and O–H groups in total. The molecule has 5 heteroatoms. The Kier molecular flexibility index (Phi) is 3.24. The lowest BCUT2D eigenvalue weighted by molar-refractivity contribution is -0.150. The predicted molar refractivity (Wildman–Crippen MR) is 53.3 cm³/mol. The molecule has 14 heavy (non-hydrogen) atoms. The standard InChI is InChI=1S/C9H11NO3S/c1-5-3-7(6(2)14-5)4-10-8(11)9(12)13/h3H,4H2,1-2H3,(H,10,11)(H,12,13). The topological polar surface area (TPSA) is 66.4 Å². The molecule has 0 aliphatic rings. The Morgan fingerprint density at radius 3 is 2.57 bits per heavy atom. The molecular formula is C9H11NO3S. The van der Waals surface area contributed by atoms with Crippen molar-refractivity contribution in [2.45, 2.75) is 20.4 Å². The van der Waals surface area contributed by atoms with Gasteiger partial charge in [0.1, 0.15) is 0 Å². The average molecular weight is 213 g/mol. The van der Waals surface area contributed by atoms with Crippen LogP contribution in [-0.2, 0) is 16.1 Å². The van der Waals surface area contributed by atoms with Gasteiger partial charge in [0.05, 0.1) is 0 Å². The highest BCUT2D eigenvalue weighted by Crippen LogP contribution is 2.19. The molecule has 0 aliphatic carbocycles. The number of thiophene rings is 1. The maximum absolute atomic E-state index is 10.7. The third-order valence-electron chi connectivity index (χ3n) is 1.78. The second-order valence-corrected chi connectivity index (χ2v) is 4.39. The molecule has 76 valence electrons. The van der Waals surface area contributed by atoms with Crippen LogP contribution < -0.4 is 5.32 Å². The van der Waals surface area contributed by atoms with Crippen molar-refractivity contribution in [2.24, 2.45) is 0 Å². The number of nitrogens with one attached hydrogen (secondary N) is 1. The van der Waals surface area contributed by atoms with Crippen LogP contribution in [0, 0.1) is 13.8 Å². The van der Waals surface area contributed by atoms with E-state index in [-0.39, 0.29) is 6.54 Å². The van der Waals surface area contributed by atoms with Crippen molar-refractivity contribution < 1.29 is 14.7 Å². The third kappa shape index (κ3) is 2.56. The van der Waals surface area contributed by atoms with E-state index >= 15 is 0 Å². The largest absolute Gasteiger partial charge is 0.474 e. The second kappa shape index (κ2) is 4.23. The van der Waals surface area contributed by atoms with Crippen molar-refractivity contribution in [1.29, 1.82) is 0 Å². The lowest BCUT2D eigenvalue weighted by atomic mass is 10.2. The zero-order valence-electron chi connectivity index (χ0n) is 7.96. The first-order chi connectivity index (χ1) is 6.50. The zero-order valence-corrected chi connectivity index (χ0v) is 8.77. The van der Waals surface area contributed by atoms with Crippen LogP contribution in [0.25, 0.3) is 0 Å². The van der Waals surface area contributed by atoms with Crippen LogP contribution in [0.4, 0.5) is 0 Å². The van der Waals surface area contributed by atoms with E-state index < -0.39 is 11.9 Å². The minimum Gasteiger partial charge on any atom is -0.474 e. The summed E-state index contributed by atoms with van der Waals surface area (Å²) in [7, 11) is 0. The van der Waals surface area contributed by atoms with E-state index in [1.54, 1.807) is 11.3 Å². The molecule has 1 heterocycles. The molecule has 0 bridgehead atoms. The summed E-state index contributed by atoms with van der Waals surface area (Å²) < 4.78 is 0. The summed E-state index contributed by atoms with van der Waals surface area (Å²) in [6, 6.07) is 1.95. The van der Waals surface area contributed by atoms with E-state index in [1.165, 1.54) is 0 Å². The SMILES string of the molecule is Cc1cc(CNC(=O)C(=O)O)c(C)s1. The van der Waals surface area contributed by atoms with Crippen LogP contribution in [0.2, 0.25) is 0 Å². The van der Waals surface area contributed by atoms with Crippen LogP contribution >= 0.6 is 11.3 Å². The smallest absolute Gasteiger partial charge is 0.394 e. The first-order valence-corrected chi connectivity index (χ1v) is 4.89. The maximum Gasteiger partial charge on any atom is 0.394 e. The van der Waals surface area contributed by atoms with Crippen LogP contribution in [0.3, 0.4) is 0 Å². The van der Waals surface area contributed by atoms with Gasteiger partial charge in [-0.1, -0.05) is 0 Å². The lowest BCUT2D eigenvalue weighted by Gasteiger charge is -2.00. The molecule has 0 unspecified atom stereocenters. The number of carboxylic acids is 1. The molecule has 0 aromatic carbocycles. The third-order valence-corrected chi connectivity index (χ3v) is 2.79. The Labute approximate surface area is 85.6 Å². The average Bonchev–Trinajstić information content (AvgIpc) is 2.40. The quantitative estimate of drug-likeness (QED) is 0.722. The van der Waals surface area contributed by atoms with Crippen molar-refractivity contribution in [3.05, 3.63) is 21.4 Å². The Balaban J connectivity index is 2.58. The maximum atomic E-state index is 10.7. The van der Waals surface area contributed by atoms with Crippen LogP contribution in [0.5, 0.6) is 0 Å². The highest BCUT2D eigenvalue weighted by Gasteiger charge is 2.11. The molecule has 1 rings (SSSR count). The van der Waals surface area contributed by atoms with Gasteiger partial charge in [0, 0.05) is 16.3 Å². The first kappa shape index (κ1) is 10.7. The number of hydrogen-bond donors (Lipinski definition) is 2. The molecule has 1 amide bonds. The summed E-state index contributed by atoms with van der Waals surface area (Å²) in [6.45, 7) is 4.20. The monoisotopic (exact) mass is 213 g/mol. The van der Waals surface area contributed by atoms with Gasteiger partial charge in [-0.25, -0.2) is 4.79 Å². The molecule has 0 fully saturated rings. The van der Waals surface area contributed by atoms with Gasteiger partial charge in [0.2, 0.25) is 0 Å². The zero-order chi connectivity index (χ0) is 10.7. The van der Waals surface area contributed by atoms with E-state index in [1.807, 2.05) is 19.9 Å². The van der Waals surface area contributed by atoms with Crippen LogP contribution in [0.1, 0.15) is 15.3 Å². The molecule has 0 atom stereocenters.